The summed E-state index contributed by atoms with van der Waals surface area (Å²) < 4.78 is 23.7. The summed E-state index contributed by atoms with van der Waals surface area (Å²) in [6, 6.07) is 7.05. The fourth-order valence-electron chi connectivity index (χ4n) is 1.88. The van der Waals surface area contributed by atoms with Crippen LogP contribution in [0.25, 0.3) is 0 Å². The highest BCUT2D eigenvalue weighted by molar-refractivity contribution is 9.10. The van der Waals surface area contributed by atoms with Crippen molar-refractivity contribution in [3.05, 3.63) is 51.7 Å². The maximum absolute atomic E-state index is 13.2. The minimum Gasteiger partial charge on any atom is -0.493 e. The molecule has 0 spiro atoms. The van der Waals surface area contributed by atoms with Gasteiger partial charge in [-0.2, -0.15) is 0 Å². The highest BCUT2D eigenvalue weighted by atomic mass is 79.9. The Morgan fingerprint density at radius 1 is 1.14 bits per heavy atom. The number of halogens is 2. The zero-order valence-electron chi connectivity index (χ0n) is 11.4. The van der Waals surface area contributed by atoms with Crippen LogP contribution in [-0.2, 0) is 0 Å². The van der Waals surface area contributed by atoms with Crippen molar-refractivity contribution in [1.29, 1.82) is 0 Å². The molecule has 0 radical (unpaired) electrons. The van der Waals surface area contributed by atoms with E-state index in [0.717, 1.165) is 0 Å². The van der Waals surface area contributed by atoms with E-state index in [9.17, 15) is 9.18 Å². The Labute approximate surface area is 129 Å². The molecular weight excluding hydrogens is 341 g/mol. The number of carbonyl (C=O) groups is 1. The number of methoxy groups -OCH3 is 2. The Hall–Kier alpha value is -2.08. The summed E-state index contributed by atoms with van der Waals surface area (Å²) in [5.74, 6) is 0.0732. The molecule has 0 unspecified atom stereocenters. The van der Waals surface area contributed by atoms with Crippen LogP contribution in [0.3, 0.4) is 0 Å². The van der Waals surface area contributed by atoms with Crippen LogP contribution in [-0.4, -0.2) is 20.0 Å². The maximum Gasteiger partial charge on any atom is 0.195 e. The molecule has 6 heteroatoms. The molecule has 0 heterocycles. The highest BCUT2D eigenvalue weighted by Gasteiger charge is 2.17. The Bertz CT molecular complexity index is 704. The smallest absolute Gasteiger partial charge is 0.195 e. The number of anilines is 1. The van der Waals surface area contributed by atoms with Gasteiger partial charge in [-0.1, -0.05) is 0 Å². The summed E-state index contributed by atoms with van der Waals surface area (Å²) in [6.07, 6.45) is 0. The van der Waals surface area contributed by atoms with Crippen LogP contribution in [0.5, 0.6) is 11.5 Å². The summed E-state index contributed by atoms with van der Waals surface area (Å²) >= 11 is 3.05. The molecule has 0 atom stereocenters. The average Bonchev–Trinajstić information content (AvgIpc) is 2.49. The van der Waals surface area contributed by atoms with Gasteiger partial charge in [0, 0.05) is 22.9 Å². The average molecular weight is 354 g/mol. The lowest BCUT2D eigenvalue weighted by Gasteiger charge is -2.12. The van der Waals surface area contributed by atoms with E-state index in [-0.39, 0.29) is 21.5 Å². The van der Waals surface area contributed by atoms with Crippen molar-refractivity contribution >= 4 is 27.4 Å². The minimum atomic E-state index is -0.438. The van der Waals surface area contributed by atoms with E-state index in [2.05, 4.69) is 15.9 Å². The quantitative estimate of drug-likeness (QED) is 0.675. The first kappa shape index (κ1) is 15.3. The van der Waals surface area contributed by atoms with E-state index in [1.54, 1.807) is 0 Å². The van der Waals surface area contributed by atoms with Gasteiger partial charge in [-0.3, -0.25) is 4.79 Å². The number of hydrogen-bond acceptors (Lipinski definition) is 4. The molecule has 0 saturated heterocycles. The molecule has 0 aliphatic rings. The molecule has 2 aromatic rings. The third-order valence-corrected chi connectivity index (χ3v) is 3.59. The normalized spacial score (nSPS) is 10.3. The molecule has 110 valence electrons. The molecule has 0 saturated carbocycles. The fraction of sp³-hybridized carbons (Fsp3) is 0.133. The number of rotatable bonds is 4. The molecule has 0 aliphatic heterocycles. The van der Waals surface area contributed by atoms with Gasteiger partial charge in [-0.15, -0.1) is 0 Å². The van der Waals surface area contributed by atoms with Crippen molar-refractivity contribution in [1.82, 2.24) is 0 Å². The van der Waals surface area contributed by atoms with Crippen molar-refractivity contribution < 1.29 is 18.7 Å². The largest absolute Gasteiger partial charge is 0.493 e. The predicted octanol–water partition coefficient (Wildman–Crippen LogP) is 3.42. The van der Waals surface area contributed by atoms with E-state index in [1.165, 1.54) is 44.6 Å². The standard InChI is InChI=1S/C15H13BrFNO3/c1-20-13-6-9(12(18)7-14(13)21-2)15(19)8-3-4-11(17)10(16)5-8/h3-7H,18H2,1-2H3. The van der Waals surface area contributed by atoms with Gasteiger partial charge in [0.15, 0.2) is 17.3 Å². The van der Waals surface area contributed by atoms with Crippen LogP contribution in [0, 0.1) is 5.82 Å². The number of hydrogen-bond donors (Lipinski definition) is 1. The molecule has 0 aliphatic carbocycles. The number of ether oxygens (including phenoxy) is 2. The van der Waals surface area contributed by atoms with Crippen molar-refractivity contribution in [2.24, 2.45) is 0 Å². The number of nitrogens with two attached hydrogens (primary N) is 1. The van der Waals surface area contributed by atoms with Gasteiger partial charge in [0.2, 0.25) is 0 Å². The number of carbonyl (C=O) groups excluding carboxylic acids is 1. The second kappa shape index (κ2) is 6.13. The van der Waals surface area contributed by atoms with Gasteiger partial charge in [0.25, 0.3) is 0 Å². The van der Waals surface area contributed by atoms with E-state index in [4.69, 9.17) is 15.2 Å². The van der Waals surface area contributed by atoms with Gasteiger partial charge < -0.3 is 15.2 Å². The Kier molecular flexibility index (Phi) is 4.47. The number of nitrogen functional groups attached to an aromatic ring is 1. The fourth-order valence-corrected chi connectivity index (χ4v) is 2.26. The van der Waals surface area contributed by atoms with Gasteiger partial charge >= 0.3 is 0 Å². The molecule has 4 nitrogen and oxygen atoms in total. The van der Waals surface area contributed by atoms with Crippen LogP contribution in [0.2, 0.25) is 0 Å². The summed E-state index contributed by atoms with van der Waals surface area (Å²) in [6.45, 7) is 0. The first-order chi connectivity index (χ1) is 9.97. The minimum absolute atomic E-state index is 0.215. The lowest BCUT2D eigenvalue weighted by molar-refractivity contribution is 0.103. The third kappa shape index (κ3) is 3.00. The second-order valence-electron chi connectivity index (χ2n) is 4.25. The molecule has 0 fully saturated rings. The first-order valence-corrected chi connectivity index (χ1v) is 6.78. The summed E-state index contributed by atoms with van der Waals surface area (Å²) in [7, 11) is 2.95. The van der Waals surface area contributed by atoms with E-state index < -0.39 is 5.82 Å². The van der Waals surface area contributed by atoms with Gasteiger partial charge in [-0.05, 0) is 40.2 Å². The van der Waals surface area contributed by atoms with Crippen LogP contribution in [0.4, 0.5) is 10.1 Å². The van der Waals surface area contributed by atoms with Crippen LogP contribution in [0.15, 0.2) is 34.8 Å². The van der Waals surface area contributed by atoms with E-state index in [1.807, 2.05) is 0 Å². The van der Waals surface area contributed by atoms with E-state index >= 15 is 0 Å². The van der Waals surface area contributed by atoms with Gasteiger partial charge in [0.05, 0.1) is 18.7 Å². The molecule has 2 rings (SSSR count). The molecular formula is C15H13BrFNO3. The molecule has 2 aromatic carbocycles. The Morgan fingerprint density at radius 2 is 1.76 bits per heavy atom. The highest BCUT2D eigenvalue weighted by Crippen LogP contribution is 2.33. The summed E-state index contributed by atoms with van der Waals surface area (Å²) in [4.78, 5) is 12.5. The van der Waals surface area contributed by atoms with E-state index in [0.29, 0.717) is 17.1 Å². The predicted molar refractivity (Wildman–Crippen MR) is 81.5 cm³/mol. The first-order valence-electron chi connectivity index (χ1n) is 5.99. The maximum atomic E-state index is 13.2. The molecule has 0 aromatic heterocycles. The molecule has 0 bridgehead atoms. The Morgan fingerprint density at radius 3 is 2.33 bits per heavy atom. The monoisotopic (exact) mass is 353 g/mol. The van der Waals surface area contributed by atoms with Crippen molar-refractivity contribution in [2.75, 3.05) is 20.0 Å². The lowest BCUT2D eigenvalue weighted by Crippen LogP contribution is -2.07. The van der Waals surface area contributed by atoms with Crippen molar-refractivity contribution in [3.63, 3.8) is 0 Å². The van der Waals surface area contributed by atoms with Crippen molar-refractivity contribution in [3.8, 4) is 11.5 Å². The summed E-state index contributed by atoms with van der Waals surface area (Å²) in [5.41, 5.74) is 6.74. The van der Waals surface area contributed by atoms with Gasteiger partial charge in [-0.25, -0.2) is 4.39 Å². The zero-order chi connectivity index (χ0) is 15.6. The number of ketones is 1. The van der Waals surface area contributed by atoms with Crippen molar-refractivity contribution in [2.45, 2.75) is 0 Å². The third-order valence-electron chi connectivity index (χ3n) is 2.98. The molecule has 21 heavy (non-hydrogen) atoms. The summed E-state index contributed by atoms with van der Waals surface area (Å²) in [5, 5.41) is 0. The Balaban J connectivity index is 2.50. The second-order valence-corrected chi connectivity index (χ2v) is 5.11. The molecule has 0 amide bonds. The van der Waals surface area contributed by atoms with Gasteiger partial charge in [0.1, 0.15) is 5.82 Å². The van der Waals surface area contributed by atoms with Crippen LogP contribution < -0.4 is 15.2 Å². The lowest BCUT2D eigenvalue weighted by atomic mass is 10.0. The topological polar surface area (TPSA) is 61.5 Å². The SMILES string of the molecule is COc1cc(N)c(C(=O)c2ccc(F)c(Br)c2)cc1OC. The van der Waals surface area contributed by atoms with Crippen LogP contribution in [0.1, 0.15) is 15.9 Å². The number of benzene rings is 2. The zero-order valence-corrected chi connectivity index (χ0v) is 13.0. The van der Waals surface area contributed by atoms with Crippen LogP contribution >= 0.6 is 15.9 Å². The molecule has 2 N–H and O–H groups in total.